The van der Waals surface area contributed by atoms with E-state index in [4.69, 9.17) is 4.74 Å². The first-order valence-electron chi connectivity index (χ1n) is 10.2. The van der Waals surface area contributed by atoms with Crippen molar-refractivity contribution in [1.29, 1.82) is 0 Å². The highest BCUT2D eigenvalue weighted by Crippen LogP contribution is 2.21. The van der Waals surface area contributed by atoms with Crippen LogP contribution in [0.4, 0.5) is 5.82 Å². The lowest BCUT2D eigenvalue weighted by Crippen LogP contribution is -2.50. The lowest BCUT2D eigenvalue weighted by atomic mass is 10.2. The Labute approximate surface area is 183 Å². The first kappa shape index (κ1) is 22.2. The molecule has 0 unspecified atom stereocenters. The van der Waals surface area contributed by atoms with E-state index in [1.54, 1.807) is 36.4 Å². The zero-order valence-corrected chi connectivity index (χ0v) is 19.0. The molecule has 2 saturated heterocycles. The Kier molecular flexibility index (Phi) is 6.31. The molecule has 2 aliphatic heterocycles. The number of aromatic amines is 1. The van der Waals surface area contributed by atoms with Gasteiger partial charge in [-0.05, 0) is 25.1 Å². The molecular formula is C20H27N4O5S2+. The number of piperazine rings is 1. The van der Waals surface area contributed by atoms with Crippen LogP contribution in [0.1, 0.15) is 5.56 Å². The number of pyridine rings is 1. The van der Waals surface area contributed by atoms with Crippen molar-refractivity contribution in [3.05, 3.63) is 48.2 Å². The summed E-state index contributed by atoms with van der Waals surface area (Å²) >= 11 is 0. The van der Waals surface area contributed by atoms with Crippen molar-refractivity contribution in [2.45, 2.75) is 16.7 Å². The standard InChI is InChI=1S/C20H26N4O5S2/c1-17-2-4-18(5-3-17)30(25,26)23-10-8-22(9-11-23)20-7-6-19(16-21-20)31(27,28)24-12-14-29-15-13-24/h2-7,16H,8-15H2,1H3/p+1. The highest BCUT2D eigenvalue weighted by Gasteiger charge is 2.32. The van der Waals surface area contributed by atoms with Crippen LogP contribution in [0.25, 0.3) is 0 Å². The number of anilines is 1. The number of nitrogens with one attached hydrogen (secondary N) is 1. The van der Waals surface area contributed by atoms with Crippen LogP contribution in [-0.4, -0.2) is 77.9 Å². The molecule has 0 amide bonds. The summed E-state index contributed by atoms with van der Waals surface area (Å²) in [6.45, 7) is 5.16. The van der Waals surface area contributed by atoms with Gasteiger partial charge in [0.2, 0.25) is 20.0 Å². The van der Waals surface area contributed by atoms with Gasteiger partial charge < -0.3 is 4.74 Å². The Morgan fingerprint density at radius 2 is 1.29 bits per heavy atom. The Balaban J connectivity index is 1.41. The number of hydrogen-bond acceptors (Lipinski definition) is 6. The molecule has 2 aromatic rings. The van der Waals surface area contributed by atoms with Crippen molar-refractivity contribution < 1.29 is 26.6 Å². The molecule has 31 heavy (non-hydrogen) atoms. The van der Waals surface area contributed by atoms with Gasteiger partial charge in [0.1, 0.15) is 11.1 Å². The van der Waals surface area contributed by atoms with E-state index < -0.39 is 20.0 Å². The summed E-state index contributed by atoms with van der Waals surface area (Å²) in [5.41, 5.74) is 1.01. The third-order valence-corrected chi connectivity index (χ3v) is 9.42. The monoisotopic (exact) mass is 467 g/mol. The van der Waals surface area contributed by atoms with Crippen LogP contribution in [0.5, 0.6) is 0 Å². The molecule has 0 aliphatic carbocycles. The number of rotatable bonds is 5. The summed E-state index contributed by atoms with van der Waals surface area (Å²) in [6.07, 6.45) is 1.50. The van der Waals surface area contributed by atoms with Gasteiger partial charge >= 0.3 is 0 Å². The quantitative estimate of drug-likeness (QED) is 0.629. The Bertz CT molecular complexity index is 1110. The van der Waals surface area contributed by atoms with Crippen molar-refractivity contribution in [2.24, 2.45) is 0 Å². The second-order valence-corrected chi connectivity index (χ2v) is 11.5. The normalized spacial score (nSPS) is 19.5. The van der Waals surface area contributed by atoms with E-state index in [9.17, 15) is 16.8 Å². The number of aromatic nitrogens is 1. The molecule has 11 heteroatoms. The highest BCUT2D eigenvalue weighted by molar-refractivity contribution is 7.89. The lowest BCUT2D eigenvalue weighted by molar-refractivity contribution is -0.367. The fourth-order valence-electron chi connectivity index (χ4n) is 3.72. The molecule has 1 aromatic heterocycles. The first-order chi connectivity index (χ1) is 14.8. The van der Waals surface area contributed by atoms with Crippen molar-refractivity contribution in [2.75, 3.05) is 57.4 Å². The number of benzene rings is 1. The fourth-order valence-corrected chi connectivity index (χ4v) is 6.52. The fraction of sp³-hybridized carbons (Fsp3) is 0.450. The SMILES string of the molecule is Cc1ccc(S(=O)(=O)N2CCN(c3ccc(S(=O)(=O)N4CCOCC4)c[nH+]3)CC2)cc1. The van der Waals surface area contributed by atoms with Crippen molar-refractivity contribution in [3.8, 4) is 0 Å². The van der Waals surface area contributed by atoms with Crippen LogP contribution in [0.2, 0.25) is 0 Å². The molecular weight excluding hydrogens is 440 g/mol. The highest BCUT2D eigenvalue weighted by atomic mass is 32.2. The van der Waals surface area contributed by atoms with E-state index in [0.717, 1.165) is 11.4 Å². The van der Waals surface area contributed by atoms with E-state index in [1.807, 2.05) is 11.8 Å². The second kappa shape index (κ2) is 8.83. The van der Waals surface area contributed by atoms with Gasteiger partial charge in [0.15, 0.2) is 0 Å². The minimum atomic E-state index is -3.56. The molecule has 2 fully saturated rings. The molecule has 0 atom stereocenters. The maximum absolute atomic E-state index is 12.9. The van der Waals surface area contributed by atoms with Crippen molar-refractivity contribution >= 4 is 25.9 Å². The Morgan fingerprint density at radius 1 is 0.742 bits per heavy atom. The summed E-state index contributed by atoms with van der Waals surface area (Å²) in [6, 6.07) is 10.2. The average Bonchev–Trinajstić information content (AvgIpc) is 2.80. The van der Waals surface area contributed by atoms with Gasteiger partial charge in [0.05, 0.1) is 44.3 Å². The van der Waals surface area contributed by atoms with Crippen LogP contribution >= 0.6 is 0 Å². The molecule has 1 aromatic carbocycles. The smallest absolute Gasteiger partial charge is 0.274 e. The predicted octanol–water partition coefficient (Wildman–Crippen LogP) is 0.341. The van der Waals surface area contributed by atoms with Gasteiger partial charge in [-0.1, -0.05) is 17.7 Å². The third-order valence-electron chi connectivity index (χ3n) is 5.61. The van der Waals surface area contributed by atoms with E-state index in [1.165, 1.54) is 14.8 Å². The lowest BCUT2D eigenvalue weighted by Gasteiger charge is -2.30. The van der Waals surface area contributed by atoms with E-state index in [2.05, 4.69) is 4.98 Å². The average molecular weight is 468 g/mol. The molecule has 3 heterocycles. The summed E-state index contributed by atoms with van der Waals surface area (Å²) in [5, 5.41) is 0. The summed E-state index contributed by atoms with van der Waals surface area (Å²) in [7, 11) is -7.08. The molecule has 0 saturated carbocycles. The molecule has 0 bridgehead atoms. The number of aryl methyl sites for hydroxylation is 1. The van der Waals surface area contributed by atoms with Crippen LogP contribution in [0.15, 0.2) is 52.4 Å². The van der Waals surface area contributed by atoms with E-state index in [-0.39, 0.29) is 4.90 Å². The van der Waals surface area contributed by atoms with Gasteiger partial charge in [-0.3, -0.25) is 4.90 Å². The predicted molar refractivity (Wildman–Crippen MR) is 115 cm³/mol. The molecule has 168 valence electrons. The number of nitrogens with zero attached hydrogens (tertiary/aromatic N) is 3. The van der Waals surface area contributed by atoms with Gasteiger partial charge in [-0.2, -0.15) is 8.61 Å². The summed E-state index contributed by atoms with van der Waals surface area (Å²) in [4.78, 5) is 5.59. The minimum Gasteiger partial charge on any atom is -0.379 e. The third kappa shape index (κ3) is 4.60. The van der Waals surface area contributed by atoms with Crippen molar-refractivity contribution in [1.82, 2.24) is 8.61 Å². The van der Waals surface area contributed by atoms with Crippen molar-refractivity contribution in [3.63, 3.8) is 0 Å². The zero-order chi connectivity index (χ0) is 22.1. The number of ether oxygens (including phenoxy) is 1. The van der Waals surface area contributed by atoms with Crippen LogP contribution in [0.3, 0.4) is 0 Å². The summed E-state index contributed by atoms with van der Waals surface area (Å²) < 4.78 is 59.4. The summed E-state index contributed by atoms with van der Waals surface area (Å²) in [5.74, 6) is 0.758. The maximum atomic E-state index is 12.9. The Hall–Kier alpha value is -2.05. The van der Waals surface area contributed by atoms with Crippen LogP contribution in [0, 0.1) is 6.92 Å². The van der Waals surface area contributed by atoms with Gasteiger partial charge in [0, 0.05) is 19.2 Å². The molecule has 1 N–H and O–H groups in total. The molecule has 0 radical (unpaired) electrons. The van der Waals surface area contributed by atoms with Gasteiger partial charge in [0.25, 0.3) is 5.82 Å². The van der Waals surface area contributed by atoms with E-state index >= 15 is 0 Å². The van der Waals surface area contributed by atoms with Crippen LogP contribution < -0.4 is 9.88 Å². The topological polar surface area (TPSA) is 101 Å². The maximum Gasteiger partial charge on any atom is 0.274 e. The molecule has 2 aliphatic rings. The van der Waals surface area contributed by atoms with Crippen LogP contribution in [-0.2, 0) is 24.8 Å². The van der Waals surface area contributed by atoms with Gasteiger partial charge in [-0.15, -0.1) is 0 Å². The number of morpholine rings is 1. The molecule has 9 nitrogen and oxygen atoms in total. The van der Waals surface area contributed by atoms with E-state index in [0.29, 0.717) is 57.4 Å². The van der Waals surface area contributed by atoms with Gasteiger partial charge in [-0.25, -0.2) is 21.8 Å². The molecule has 4 rings (SSSR count). The first-order valence-corrected chi connectivity index (χ1v) is 13.1. The second-order valence-electron chi connectivity index (χ2n) is 7.63. The minimum absolute atomic E-state index is 0.207. The number of hydrogen-bond donors (Lipinski definition) is 0. The number of H-pyrrole nitrogens is 1. The molecule has 0 spiro atoms. The zero-order valence-electron chi connectivity index (χ0n) is 17.4. The Morgan fingerprint density at radius 3 is 1.87 bits per heavy atom. The number of sulfonamides is 2. The largest absolute Gasteiger partial charge is 0.379 e.